The van der Waals surface area contributed by atoms with Crippen LogP contribution in [0.5, 0.6) is 0 Å². The van der Waals surface area contributed by atoms with Crippen LogP contribution in [-0.4, -0.2) is 58.6 Å². The lowest BCUT2D eigenvalue weighted by Gasteiger charge is -2.21. The summed E-state index contributed by atoms with van der Waals surface area (Å²) in [5, 5.41) is 22.7. The highest BCUT2D eigenvalue weighted by atomic mass is 19.4. The lowest BCUT2D eigenvalue weighted by molar-refractivity contribution is -0.137. The van der Waals surface area contributed by atoms with Crippen molar-refractivity contribution in [2.24, 2.45) is 0 Å². The number of nitrogens with one attached hydrogen (secondary N) is 1. The predicted octanol–water partition coefficient (Wildman–Crippen LogP) is 9.45. The van der Waals surface area contributed by atoms with E-state index in [1.807, 2.05) is 79.7 Å². The summed E-state index contributed by atoms with van der Waals surface area (Å²) in [6.45, 7) is 1.56. The van der Waals surface area contributed by atoms with Crippen molar-refractivity contribution in [3.05, 3.63) is 179 Å². The van der Waals surface area contributed by atoms with Crippen LogP contribution in [0.25, 0.3) is 22.5 Å². The van der Waals surface area contributed by atoms with Crippen molar-refractivity contribution in [1.29, 1.82) is 0 Å². The Morgan fingerprint density at radius 2 is 1.09 bits per heavy atom. The number of aliphatic hydroxyl groups is 2. The number of halogens is 6. The van der Waals surface area contributed by atoms with Crippen LogP contribution in [0.4, 0.5) is 26.3 Å². The molecular formula is C44H42F6N4O3. The number of alkyl halides is 6. The zero-order valence-corrected chi connectivity index (χ0v) is 31.1. The molecule has 4 aromatic carbocycles. The molecule has 0 aliphatic rings. The third kappa shape index (κ3) is 13.5. The number of aldehydes is 1. The molecule has 0 aliphatic carbocycles. The molecule has 6 rings (SSSR count). The van der Waals surface area contributed by atoms with E-state index in [2.05, 4.69) is 15.3 Å². The van der Waals surface area contributed by atoms with Crippen molar-refractivity contribution in [1.82, 2.24) is 20.2 Å². The highest BCUT2D eigenvalue weighted by Crippen LogP contribution is 2.37. The predicted molar refractivity (Wildman–Crippen MR) is 208 cm³/mol. The van der Waals surface area contributed by atoms with Gasteiger partial charge in [-0.3, -0.25) is 19.7 Å². The summed E-state index contributed by atoms with van der Waals surface area (Å²) in [4.78, 5) is 20.5. The standard InChI is InChI=1S/C22H21F3N2O.C13H8F3NO.C9H13NO/c1-27(15-21(28)17-7-3-2-4-8-17)14-16-11-12-20(26-13-16)18-9-5-6-10-19(18)22(23,24)25;14-13(15,16)11-4-2-1-3-10(11)12-6-5-9(8-18)7-17-12;1-10-7-9(11)8-5-3-2-4-6-8/h2-13,21,28H,14-15H2,1H3;1-8H;2-6,9-11H,7H2,1H3. The van der Waals surface area contributed by atoms with Crippen LogP contribution in [0.2, 0.25) is 0 Å². The van der Waals surface area contributed by atoms with E-state index in [1.165, 1.54) is 48.7 Å². The number of likely N-dealkylation sites (N-methyl/N-ethyl adjacent to an activating group) is 2. The van der Waals surface area contributed by atoms with E-state index < -0.39 is 29.6 Å². The van der Waals surface area contributed by atoms with Gasteiger partial charge in [-0.05, 0) is 61.1 Å². The van der Waals surface area contributed by atoms with Crippen molar-refractivity contribution in [2.75, 3.05) is 27.2 Å². The van der Waals surface area contributed by atoms with Crippen molar-refractivity contribution in [2.45, 2.75) is 31.1 Å². The lowest BCUT2D eigenvalue weighted by atomic mass is 10.0. The van der Waals surface area contributed by atoms with Crippen LogP contribution in [0, 0.1) is 0 Å². The van der Waals surface area contributed by atoms with Gasteiger partial charge in [0.2, 0.25) is 0 Å². The van der Waals surface area contributed by atoms with E-state index in [-0.39, 0.29) is 28.6 Å². The van der Waals surface area contributed by atoms with E-state index in [0.717, 1.165) is 28.8 Å². The molecule has 0 aliphatic heterocycles. The average Bonchev–Trinajstić information content (AvgIpc) is 3.22. The largest absolute Gasteiger partial charge is 0.417 e. The third-order valence-electron chi connectivity index (χ3n) is 8.47. The quantitative estimate of drug-likeness (QED) is 0.0889. The van der Waals surface area contributed by atoms with Crippen molar-refractivity contribution in [3.63, 3.8) is 0 Å². The summed E-state index contributed by atoms with van der Waals surface area (Å²) in [7, 11) is 3.70. The zero-order chi connectivity index (χ0) is 41.4. The molecule has 0 spiro atoms. The Morgan fingerprint density at radius 3 is 1.51 bits per heavy atom. The molecule has 57 heavy (non-hydrogen) atoms. The van der Waals surface area contributed by atoms with Crippen LogP contribution >= 0.6 is 0 Å². The molecular weight excluding hydrogens is 746 g/mol. The molecule has 2 aromatic heterocycles. The number of aromatic nitrogens is 2. The first-order valence-electron chi connectivity index (χ1n) is 17.7. The fraction of sp³-hybridized carbons (Fsp3) is 0.205. The highest BCUT2D eigenvalue weighted by molar-refractivity contribution is 5.75. The minimum Gasteiger partial charge on any atom is -0.387 e. The Bertz CT molecular complexity index is 2100. The molecule has 0 radical (unpaired) electrons. The van der Waals surface area contributed by atoms with Crippen LogP contribution in [0.3, 0.4) is 0 Å². The molecule has 2 atom stereocenters. The van der Waals surface area contributed by atoms with Crippen molar-refractivity contribution in [3.8, 4) is 22.5 Å². The van der Waals surface area contributed by atoms with Crippen LogP contribution < -0.4 is 5.32 Å². The maximum absolute atomic E-state index is 13.2. The SMILES string of the molecule is CN(Cc1ccc(-c2ccccc2C(F)(F)F)nc1)CC(O)c1ccccc1.CNCC(O)c1ccccc1.O=Cc1ccc(-c2ccccc2C(F)(F)F)nc1. The fourth-order valence-corrected chi connectivity index (χ4v) is 5.66. The monoisotopic (exact) mass is 788 g/mol. The molecule has 0 saturated heterocycles. The van der Waals surface area contributed by atoms with Gasteiger partial charge >= 0.3 is 12.4 Å². The highest BCUT2D eigenvalue weighted by Gasteiger charge is 2.34. The first-order valence-corrected chi connectivity index (χ1v) is 17.7. The van der Waals surface area contributed by atoms with Gasteiger partial charge in [0.05, 0.1) is 34.7 Å². The second-order valence-electron chi connectivity index (χ2n) is 12.8. The summed E-state index contributed by atoms with van der Waals surface area (Å²) < 4.78 is 78.0. The minimum atomic E-state index is -4.43. The van der Waals surface area contributed by atoms with E-state index in [1.54, 1.807) is 24.4 Å². The number of aliphatic hydroxyl groups excluding tert-OH is 2. The summed E-state index contributed by atoms with van der Waals surface area (Å²) in [5.74, 6) is 0. The third-order valence-corrected chi connectivity index (χ3v) is 8.47. The normalized spacial score (nSPS) is 12.4. The number of nitrogens with zero attached hydrogens (tertiary/aromatic N) is 3. The Balaban J connectivity index is 0.000000211. The Labute approximate surface area is 327 Å². The van der Waals surface area contributed by atoms with E-state index >= 15 is 0 Å². The van der Waals surface area contributed by atoms with E-state index in [4.69, 9.17) is 0 Å². The van der Waals surface area contributed by atoms with Gasteiger partial charge in [0.25, 0.3) is 0 Å². The summed E-state index contributed by atoms with van der Waals surface area (Å²) in [5.41, 5.74) is 2.08. The smallest absolute Gasteiger partial charge is 0.387 e. The molecule has 7 nitrogen and oxygen atoms in total. The summed E-state index contributed by atoms with van der Waals surface area (Å²) in [6.07, 6.45) is -6.44. The Morgan fingerprint density at radius 1 is 0.632 bits per heavy atom. The van der Waals surface area contributed by atoms with Crippen LogP contribution in [0.1, 0.15) is 50.4 Å². The second-order valence-corrected chi connectivity index (χ2v) is 12.8. The summed E-state index contributed by atoms with van der Waals surface area (Å²) >= 11 is 0. The van der Waals surface area contributed by atoms with Gasteiger partial charge in [-0.25, -0.2) is 0 Å². The average molecular weight is 789 g/mol. The first-order chi connectivity index (χ1) is 27.2. The molecule has 6 aromatic rings. The second kappa shape index (κ2) is 21.0. The van der Waals surface area contributed by atoms with E-state index in [9.17, 15) is 41.4 Å². The maximum Gasteiger partial charge on any atom is 0.417 e. The number of carbonyl (C=O) groups is 1. The van der Waals surface area contributed by atoms with Crippen LogP contribution in [0.15, 0.2) is 146 Å². The minimum absolute atomic E-state index is 0.00227. The molecule has 2 unspecified atom stereocenters. The molecule has 13 heteroatoms. The van der Waals surface area contributed by atoms with Crippen LogP contribution in [-0.2, 0) is 18.9 Å². The number of carbonyl (C=O) groups excluding carboxylic acids is 1. The van der Waals surface area contributed by atoms with Gasteiger partial charge in [-0.15, -0.1) is 0 Å². The van der Waals surface area contributed by atoms with E-state index in [0.29, 0.717) is 31.5 Å². The van der Waals surface area contributed by atoms with Gasteiger partial charge < -0.3 is 15.5 Å². The molecule has 0 amide bonds. The molecule has 0 fully saturated rings. The molecule has 2 heterocycles. The topological polar surface area (TPSA) is 98.6 Å². The Kier molecular flexibility index (Phi) is 16.2. The maximum atomic E-state index is 13.2. The van der Waals surface area contributed by atoms with Crippen molar-refractivity contribution >= 4 is 6.29 Å². The number of rotatable bonds is 11. The van der Waals surface area contributed by atoms with Gasteiger partial charge in [0, 0.05) is 48.7 Å². The van der Waals surface area contributed by atoms with Gasteiger partial charge in [-0.1, -0.05) is 103 Å². The Hall–Kier alpha value is -5.73. The zero-order valence-electron chi connectivity index (χ0n) is 31.1. The number of benzene rings is 4. The molecule has 0 saturated carbocycles. The van der Waals surface area contributed by atoms with Gasteiger partial charge in [-0.2, -0.15) is 26.3 Å². The number of hydrogen-bond acceptors (Lipinski definition) is 7. The molecule has 3 N–H and O–H groups in total. The summed E-state index contributed by atoms with van der Waals surface area (Å²) in [6, 6.07) is 35.8. The number of hydrogen-bond donors (Lipinski definition) is 3. The van der Waals surface area contributed by atoms with Gasteiger partial charge in [0.15, 0.2) is 6.29 Å². The number of pyridine rings is 2. The molecule has 0 bridgehead atoms. The fourth-order valence-electron chi connectivity index (χ4n) is 5.66. The molecule has 298 valence electrons. The van der Waals surface area contributed by atoms with Gasteiger partial charge in [0.1, 0.15) is 0 Å². The lowest BCUT2D eigenvalue weighted by Crippen LogP contribution is -2.24. The van der Waals surface area contributed by atoms with Crippen molar-refractivity contribution < 1.29 is 41.4 Å². The first kappa shape index (κ1) is 44.0.